The van der Waals surface area contributed by atoms with Crippen molar-refractivity contribution >= 4 is 8.80 Å². The van der Waals surface area contributed by atoms with Gasteiger partial charge in [0.25, 0.3) is 0 Å². The lowest BCUT2D eigenvalue weighted by Gasteiger charge is -2.37. The van der Waals surface area contributed by atoms with Crippen LogP contribution < -0.4 is 4.74 Å². The molecule has 0 spiro atoms. The van der Waals surface area contributed by atoms with Crippen LogP contribution in [0.2, 0.25) is 18.1 Å². The van der Waals surface area contributed by atoms with E-state index in [1.807, 2.05) is 0 Å². The second kappa shape index (κ2) is 14.2. The normalized spacial score (nSPS) is 25.6. The maximum absolute atomic E-state index is 14.0. The van der Waals surface area contributed by atoms with Crippen LogP contribution in [0.4, 0.5) is 13.2 Å². The molecule has 1 aromatic rings. The molecular weight excluding hydrogens is 437 g/mol. The first-order valence-corrected chi connectivity index (χ1v) is 16.0. The SMILES string of the molecule is CCCCC[Si@H]1CC[C@H]([C@H]2CC[C@H](CCCCc3ccc(OC=C(F)F)c(F)c3)CC2)CC1. The molecule has 33 heavy (non-hydrogen) atoms. The second-order valence-corrected chi connectivity index (χ2v) is 14.1. The van der Waals surface area contributed by atoms with E-state index in [0.717, 1.165) is 36.2 Å². The molecule has 0 atom stereocenters. The predicted octanol–water partition coefficient (Wildman–Crippen LogP) is 9.29. The fourth-order valence-corrected chi connectivity index (χ4v) is 9.78. The molecule has 0 unspecified atom stereocenters. The van der Waals surface area contributed by atoms with Gasteiger partial charge in [0.1, 0.15) is 0 Å². The van der Waals surface area contributed by atoms with Gasteiger partial charge >= 0.3 is 6.08 Å². The highest BCUT2D eigenvalue weighted by Gasteiger charge is 2.30. The zero-order valence-corrected chi connectivity index (χ0v) is 21.6. The van der Waals surface area contributed by atoms with Crippen LogP contribution in [0.1, 0.15) is 89.5 Å². The van der Waals surface area contributed by atoms with E-state index in [-0.39, 0.29) is 20.8 Å². The highest BCUT2D eigenvalue weighted by Crippen LogP contribution is 2.42. The van der Waals surface area contributed by atoms with Crippen molar-refractivity contribution in [3.63, 3.8) is 0 Å². The Bertz CT molecular complexity index is 718. The number of ether oxygens (including phenoxy) is 1. The minimum atomic E-state index is -1.97. The largest absolute Gasteiger partial charge is 0.456 e. The number of benzene rings is 1. The van der Waals surface area contributed by atoms with Crippen molar-refractivity contribution in [1.29, 1.82) is 0 Å². The highest BCUT2D eigenvalue weighted by molar-refractivity contribution is 6.58. The van der Waals surface area contributed by atoms with Gasteiger partial charge in [-0.3, -0.25) is 0 Å². The quantitative estimate of drug-likeness (QED) is 0.164. The lowest BCUT2D eigenvalue weighted by atomic mass is 9.73. The summed E-state index contributed by atoms with van der Waals surface area (Å²) in [5.41, 5.74) is 0.905. The van der Waals surface area contributed by atoms with Gasteiger partial charge in [-0.05, 0) is 61.1 Å². The molecule has 186 valence electrons. The van der Waals surface area contributed by atoms with Gasteiger partial charge in [-0.1, -0.05) is 88.9 Å². The standard InChI is InChI=1S/C28H43F3OSi/c1-2-3-6-17-33-18-15-25(16-19-33)24-12-9-22(10-13-24)7-4-5-8-23-11-14-27(26(29)20-23)32-21-28(30)31/h11,14,20-22,24-25,33H,2-10,12-13,15-19H2,1H3/t22-,24-,25-,33-. The summed E-state index contributed by atoms with van der Waals surface area (Å²) in [7, 11) is -0.386. The Balaban J connectivity index is 1.28. The van der Waals surface area contributed by atoms with Crippen molar-refractivity contribution in [1.82, 2.24) is 0 Å². The Morgan fingerprint density at radius 2 is 1.70 bits per heavy atom. The summed E-state index contributed by atoms with van der Waals surface area (Å²) in [6.07, 6.45) is 15.7. The van der Waals surface area contributed by atoms with E-state index in [1.54, 1.807) is 24.2 Å². The summed E-state index contributed by atoms with van der Waals surface area (Å²) in [4.78, 5) is 0. The number of rotatable bonds is 12. The molecule has 3 rings (SSSR count). The molecule has 2 fully saturated rings. The van der Waals surface area contributed by atoms with Gasteiger partial charge in [-0.15, -0.1) is 0 Å². The molecular formula is C28H43F3OSi. The van der Waals surface area contributed by atoms with E-state index in [4.69, 9.17) is 0 Å². The molecule has 5 heteroatoms. The van der Waals surface area contributed by atoms with E-state index < -0.39 is 11.9 Å². The molecule has 0 N–H and O–H groups in total. The molecule has 1 aliphatic carbocycles. The van der Waals surface area contributed by atoms with E-state index in [2.05, 4.69) is 11.7 Å². The van der Waals surface area contributed by atoms with Gasteiger partial charge in [-0.25, -0.2) is 4.39 Å². The topological polar surface area (TPSA) is 9.23 Å². The Hall–Kier alpha value is -1.23. The molecule has 1 aromatic carbocycles. The molecule has 1 saturated carbocycles. The summed E-state index contributed by atoms with van der Waals surface area (Å²) < 4.78 is 42.8. The van der Waals surface area contributed by atoms with Crippen LogP contribution in [0, 0.1) is 23.6 Å². The molecule has 1 nitrogen and oxygen atoms in total. The van der Waals surface area contributed by atoms with Crippen molar-refractivity contribution in [2.75, 3.05) is 0 Å². The molecule has 0 radical (unpaired) electrons. The van der Waals surface area contributed by atoms with E-state index in [9.17, 15) is 13.2 Å². The Kier molecular flexibility index (Phi) is 11.4. The smallest absolute Gasteiger partial charge is 0.305 e. The first kappa shape index (κ1) is 26.4. The Labute approximate surface area is 200 Å². The third kappa shape index (κ3) is 9.14. The Morgan fingerprint density at radius 1 is 0.970 bits per heavy atom. The van der Waals surface area contributed by atoms with Crippen molar-refractivity contribution in [3.05, 3.63) is 41.9 Å². The van der Waals surface area contributed by atoms with Crippen LogP contribution >= 0.6 is 0 Å². The zero-order valence-electron chi connectivity index (χ0n) is 20.5. The van der Waals surface area contributed by atoms with E-state index >= 15 is 0 Å². The Morgan fingerprint density at radius 3 is 2.36 bits per heavy atom. The van der Waals surface area contributed by atoms with Crippen molar-refractivity contribution in [2.45, 2.75) is 109 Å². The molecule has 0 amide bonds. The summed E-state index contributed by atoms with van der Waals surface area (Å²) >= 11 is 0. The fourth-order valence-electron chi connectivity index (χ4n) is 6.25. The lowest BCUT2D eigenvalue weighted by molar-refractivity contribution is 0.184. The monoisotopic (exact) mass is 480 g/mol. The second-order valence-electron chi connectivity index (χ2n) is 10.6. The number of unbranched alkanes of at least 4 members (excludes halogenated alkanes) is 3. The predicted molar refractivity (Wildman–Crippen MR) is 134 cm³/mol. The molecule has 0 bridgehead atoms. The van der Waals surface area contributed by atoms with Crippen LogP contribution in [0.15, 0.2) is 30.5 Å². The third-order valence-electron chi connectivity index (χ3n) is 8.26. The average molecular weight is 481 g/mol. The van der Waals surface area contributed by atoms with Gasteiger partial charge in [0.2, 0.25) is 0 Å². The van der Waals surface area contributed by atoms with E-state index in [0.29, 0.717) is 0 Å². The molecule has 1 saturated heterocycles. The average Bonchev–Trinajstić information content (AvgIpc) is 2.82. The first-order valence-electron chi connectivity index (χ1n) is 13.5. The number of hydrogen-bond acceptors (Lipinski definition) is 1. The number of aryl methyl sites for hydroxylation is 1. The summed E-state index contributed by atoms with van der Waals surface area (Å²) in [6.45, 7) is 2.31. The zero-order chi connectivity index (χ0) is 23.5. The molecule has 1 aliphatic heterocycles. The van der Waals surface area contributed by atoms with Gasteiger partial charge < -0.3 is 4.74 Å². The van der Waals surface area contributed by atoms with E-state index in [1.165, 1.54) is 82.8 Å². The van der Waals surface area contributed by atoms with Gasteiger partial charge in [0.05, 0.1) is 0 Å². The molecule has 0 aromatic heterocycles. The van der Waals surface area contributed by atoms with Crippen molar-refractivity contribution < 1.29 is 17.9 Å². The molecule has 2 aliphatic rings. The fraction of sp³-hybridized carbons (Fsp3) is 0.714. The van der Waals surface area contributed by atoms with Gasteiger partial charge in [-0.2, -0.15) is 8.78 Å². The minimum Gasteiger partial charge on any atom is -0.456 e. The van der Waals surface area contributed by atoms with Crippen LogP contribution in [0.5, 0.6) is 5.75 Å². The van der Waals surface area contributed by atoms with Gasteiger partial charge in [0.15, 0.2) is 17.8 Å². The highest BCUT2D eigenvalue weighted by atomic mass is 28.3. The van der Waals surface area contributed by atoms with Crippen molar-refractivity contribution in [2.24, 2.45) is 17.8 Å². The first-order chi connectivity index (χ1) is 16.0. The maximum Gasteiger partial charge on any atom is 0.305 e. The molecule has 1 heterocycles. The minimum absolute atomic E-state index is 0.157. The van der Waals surface area contributed by atoms with Crippen LogP contribution in [-0.2, 0) is 6.42 Å². The summed E-state index contributed by atoms with van der Waals surface area (Å²) in [5, 5.41) is 0. The summed E-state index contributed by atoms with van der Waals surface area (Å²) in [6, 6.07) is 9.46. The van der Waals surface area contributed by atoms with Crippen molar-refractivity contribution in [3.8, 4) is 5.75 Å². The number of hydrogen-bond donors (Lipinski definition) is 0. The maximum atomic E-state index is 14.0. The lowest BCUT2D eigenvalue weighted by Crippen LogP contribution is -2.28. The van der Waals surface area contributed by atoms with Gasteiger partial charge in [0, 0.05) is 8.80 Å². The van der Waals surface area contributed by atoms with Crippen LogP contribution in [-0.4, -0.2) is 8.80 Å². The van der Waals surface area contributed by atoms with Crippen LogP contribution in [0.3, 0.4) is 0 Å². The van der Waals surface area contributed by atoms with Crippen LogP contribution in [0.25, 0.3) is 0 Å². The number of halogens is 3. The third-order valence-corrected chi connectivity index (χ3v) is 11.8. The summed E-state index contributed by atoms with van der Waals surface area (Å²) in [5.74, 6) is 2.16.